The van der Waals surface area contributed by atoms with E-state index in [2.05, 4.69) is 34.5 Å². The predicted molar refractivity (Wildman–Crippen MR) is 157 cm³/mol. The summed E-state index contributed by atoms with van der Waals surface area (Å²) in [6.45, 7) is 4.65. The second kappa shape index (κ2) is 11.8. The molecule has 196 valence electrons. The van der Waals surface area contributed by atoms with Crippen molar-refractivity contribution >= 4 is 46.4 Å². The maximum absolute atomic E-state index is 13.3. The molecule has 8 heteroatoms. The fourth-order valence-electron chi connectivity index (χ4n) is 4.92. The van der Waals surface area contributed by atoms with Crippen molar-refractivity contribution in [2.75, 3.05) is 24.5 Å². The maximum Gasteiger partial charge on any atom is 0.272 e. The molecule has 0 radical (unpaired) electrons. The molecule has 0 unspecified atom stereocenters. The number of amides is 1. The third-order valence-corrected chi connectivity index (χ3v) is 7.74. The van der Waals surface area contributed by atoms with Crippen LogP contribution in [0.25, 0.3) is 16.9 Å². The molecule has 5 rings (SSSR count). The summed E-state index contributed by atoms with van der Waals surface area (Å²) in [5.41, 5.74) is 5.83. The van der Waals surface area contributed by atoms with E-state index in [0.717, 1.165) is 36.3 Å². The van der Waals surface area contributed by atoms with Crippen LogP contribution in [0.2, 0.25) is 15.1 Å². The third-order valence-electron chi connectivity index (χ3n) is 6.95. The Hall–Kier alpha value is -2.99. The number of nitrogens with zero attached hydrogens (tertiary/aromatic N) is 3. The highest BCUT2D eigenvalue weighted by Gasteiger charge is 2.23. The quantitative estimate of drug-likeness (QED) is 0.248. The molecule has 0 saturated carbocycles. The lowest BCUT2D eigenvalue weighted by atomic mass is 10.1. The van der Waals surface area contributed by atoms with Gasteiger partial charge < -0.3 is 10.2 Å². The summed E-state index contributed by atoms with van der Waals surface area (Å²) >= 11 is 18.8. The zero-order valence-electron chi connectivity index (χ0n) is 21.2. The summed E-state index contributed by atoms with van der Waals surface area (Å²) in [6, 6.07) is 21.3. The largest absolute Gasteiger partial charge is 0.372 e. The van der Waals surface area contributed by atoms with Gasteiger partial charge in [0, 0.05) is 46.5 Å². The fourth-order valence-corrected chi connectivity index (χ4v) is 5.53. The van der Waals surface area contributed by atoms with Crippen LogP contribution in [0.1, 0.15) is 40.9 Å². The minimum Gasteiger partial charge on any atom is -0.372 e. The standard InChI is InChI=1S/C30H29Cl3N4O/c1-20-28(30(38)34-16-15-21-5-12-25(13-6-21)36-17-3-2-4-18-36)35-37(27-14-11-24(32)19-26(27)33)29(20)22-7-9-23(31)10-8-22/h5-14,19H,2-4,15-18H2,1H3,(H,34,38). The average Bonchev–Trinajstić information content (AvgIpc) is 3.26. The molecule has 0 atom stereocenters. The molecule has 1 N–H and O–H groups in total. The molecular formula is C30H29Cl3N4O. The Morgan fingerprint density at radius 1 is 0.895 bits per heavy atom. The number of rotatable bonds is 7. The molecule has 1 aliphatic rings. The number of nitrogens with one attached hydrogen (secondary N) is 1. The topological polar surface area (TPSA) is 50.2 Å². The number of carbonyl (C=O) groups excluding carboxylic acids is 1. The number of piperidine rings is 1. The van der Waals surface area contributed by atoms with E-state index in [1.54, 1.807) is 22.9 Å². The molecule has 0 bridgehead atoms. The third kappa shape index (κ3) is 5.85. The first-order chi connectivity index (χ1) is 18.4. The van der Waals surface area contributed by atoms with E-state index in [1.807, 2.05) is 31.2 Å². The van der Waals surface area contributed by atoms with Gasteiger partial charge in [-0.1, -0.05) is 59.1 Å². The van der Waals surface area contributed by atoms with Crippen molar-refractivity contribution in [3.05, 3.63) is 98.6 Å². The van der Waals surface area contributed by atoms with Gasteiger partial charge in [0.2, 0.25) is 0 Å². The van der Waals surface area contributed by atoms with Gasteiger partial charge in [-0.15, -0.1) is 0 Å². The van der Waals surface area contributed by atoms with E-state index < -0.39 is 0 Å². The van der Waals surface area contributed by atoms with Gasteiger partial charge in [0.15, 0.2) is 5.69 Å². The van der Waals surface area contributed by atoms with E-state index in [9.17, 15) is 4.79 Å². The molecule has 3 aromatic carbocycles. The lowest BCUT2D eigenvalue weighted by Gasteiger charge is -2.28. The Morgan fingerprint density at radius 2 is 1.58 bits per heavy atom. The van der Waals surface area contributed by atoms with Crippen molar-refractivity contribution in [2.45, 2.75) is 32.6 Å². The predicted octanol–water partition coefficient (Wildman–Crippen LogP) is 7.77. The van der Waals surface area contributed by atoms with Crippen LogP contribution in [0.4, 0.5) is 5.69 Å². The monoisotopic (exact) mass is 566 g/mol. The molecule has 0 spiro atoms. The van der Waals surface area contributed by atoms with Gasteiger partial charge in [0.05, 0.1) is 16.4 Å². The van der Waals surface area contributed by atoms with E-state index in [-0.39, 0.29) is 5.91 Å². The van der Waals surface area contributed by atoms with Crippen LogP contribution >= 0.6 is 34.8 Å². The van der Waals surface area contributed by atoms with E-state index in [1.165, 1.54) is 30.5 Å². The highest BCUT2D eigenvalue weighted by molar-refractivity contribution is 6.35. The van der Waals surface area contributed by atoms with E-state index in [0.29, 0.717) is 33.0 Å². The second-order valence-electron chi connectivity index (χ2n) is 9.56. The first-order valence-electron chi connectivity index (χ1n) is 12.8. The molecular weight excluding hydrogens is 539 g/mol. The molecule has 1 fully saturated rings. The van der Waals surface area contributed by atoms with Crippen molar-refractivity contribution in [3.8, 4) is 16.9 Å². The molecule has 1 aliphatic heterocycles. The Morgan fingerprint density at radius 3 is 2.26 bits per heavy atom. The van der Waals surface area contributed by atoms with Gasteiger partial charge in [-0.2, -0.15) is 5.10 Å². The average molecular weight is 568 g/mol. The van der Waals surface area contributed by atoms with Crippen molar-refractivity contribution in [3.63, 3.8) is 0 Å². The zero-order valence-corrected chi connectivity index (χ0v) is 23.5. The second-order valence-corrected chi connectivity index (χ2v) is 10.8. The SMILES string of the molecule is Cc1c(C(=O)NCCc2ccc(N3CCCCC3)cc2)nn(-c2ccc(Cl)cc2Cl)c1-c1ccc(Cl)cc1. The van der Waals surface area contributed by atoms with Gasteiger partial charge in [0.25, 0.3) is 5.91 Å². The molecule has 0 aliphatic carbocycles. The van der Waals surface area contributed by atoms with E-state index in [4.69, 9.17) is 39.9 Å². The maximum atomic E-state index is 13.3. The van der Waals surface area contributed by atoms with Gasteiger partial charge in [0.1, 0.15) is 0 Å². The highest BCUT2D eigenvalue weighted by Crippen LogP contribution is 2.33. The molecule has 5 nitrogen and oxygen atoms in total. The Kier molecular flexibility index (Phi) is 8.27. The molecule has 1 aromatic heterocycles. The molecule has 4 aromatic rings. The van der Waals surface area contributed by atoms with Gasteiger partial charge >= 0.3 is 0 Å². The highest BCUT2D eigenvalue weighted by atomic mass is 35.5. The molecule has 1 saturated heterocycles. The van der Waals surface area contributed by atoms with Gasteiger partial charge in [-0.05, 0) is 80.6 Å². The van der Waals surface area contributed by atoms with Crippen LogP contribution in [0.5, 0.6) is 0 Å². The van der Waals surface area contributed by atoms with Crippen molar-refractivity contribution < 1.29 is 4.79 Å². The number of carbonyl (C=O) groups is 1. The lowest BCUT2D eigenvalue weighted by Crippen LogP contribution is -2.29. The summed E-state index contributed by atoms with van der Waals surface area (Å²) in [6.07, 6.45) is 4.57. The zero-order chi connectivity index (χ0) is 26.6. The first kappa shape index (κ1) is 26.6. The minimum atomic E-state index is -0.230. The number of hydrogen-bond acceptors (Lipinski definition) is 3. The first-order valence-corrected chi connectivity index (χ1v) is 14.0. The number of anilines is 1. The van der Waals surface area contributed by atoms with E-state index >= 15 is 0 Å². The summed E-state index contributed by atoms with van der Waals surface area (Å²) < 4.78 is 1.70. The summed E-state index contributed by atoms with van der Waals surface area (Å²) in [4.78, 5) is 15.7. The minimum absolute atomic E-state index is 0.230. The fraction of sp³-hybridized carbons (Fsp3) is 0.267. The summed E-state index contributed by atoms with van der Waals surface area (Å²) in [5, 5.41) is 9.33. The smallest absolute Gasteiger partial charge is 0.272 e. The normalized spacial score (nSPS) is 13.5. The van der Waals surface area contributed by atoms with Crippen molar-refractivity contribution in [2.24, 2.45) is 0 Å². The van der Waals surface area contributed by atoms with Crippen LogP contribution < -0.4 is 10.2 Å². The molecule has 1 amide bonds. The summed E-state index contributed by atoms with van der Waals surface area (Å²) in [7, 11) is 0. The number of hydrogen-bond donors (Lipinski definition) is 1. The number of halogens is 3. The molecule has 2 heterocycles. The Balaban J connectivity index is 1.34. The van der Waals surface area contributed by atoms with Crippen LogP contribution in [-0.4, -0.2) is 35.3 Å². The van der Waals surface area contributed by atoms with Crippen LogP contribution in [0, 0.1) is 6.92 Å². The van der Waals surface area contributed by atoms with Crippen molar-refractivity contribution in [1.29, 1.82) is 0 Å². The van der Waals surface area contributed by atoms with Crippen LogP contribution in [-0.2, 0) is 6.42 Å². The van der Waals surface area contributed by atoms with Crippen LogP contribution in [0.15, 0.2) is 66.7 Å². The lowest BCUT2D eigenvalue weighted by molar-refractivity contribution is 0.0948. The van der Waals surface area contributed by atoms with Gasteiger partial charge in [-0.3, -0.25) is 4.79 Å². The molecule has 38 heavy (non-hydrogen) atoms. The Labute approximate surface area is 238 Å². The number of benzene rings is 3. The van der Waals surface area contributed by atoms with Crippen molar-refractivity contribution in [1.82, 2.24) is 15.1 Å². The van der Waals surface area contributed by atoms with Crippen LogP contribution in [0.3, 0.4) is 0 Å². The Bertz CT molecular complexity index is 1430. The summed E-state index contributed by atoms with van der Waals surface area (Å²) in [5.74, 6) is -0.230. The number of aromatic nitrogens is 2. The van der Waals surface area contributed by atoms with Gasteiger partial charge in [-0.25, -0.2) is 4.68 Å².